The smallest absolute Gasteiger partial charge is 0.119 e. The summed E-state index contributed by atoms with van der Waals surface area (Å²) in [6.07, 6.45) is 9.02. The van der Waals surface area contributed by atoms with Crippen molar-refractivity contribution in [1.29, 1.82) is 0 Å². The number of ether oxygens (including phenoxy) is 1. The van der Waals surface area contributed by atoms with Gasteiger partial charge < -0.3 is 9.84 Å². The minimum absolute atomic E-state index is 0.281. The van der Waals surface area contributed by atoms with Gasteiger partial charge in [-0.3, -0.25) is 0 Å². The molecule has 0 heterocycles. The summed E-state index contributed by atoms with van der Waals surface area (Å²) in [6.45, 7) is 3.24. The third kappa shape index (κ3) is 7.78. The predicted octanol–water partition coefficient (Wildman–Crippen LogP) is 6.90. The molecule has 0 aliphatic heterocycles. The second-order valence-electron chi connectivity index (χ2n) is 8.11. The zero-order valence-electron chi connectivity index (χ0n) is 18.7. The second kappa shape index (κ2) is 12.8. The molecule has 0 atom stereocenters. The Morgan fingerprint density at radius 1 is 0.710 bits per heavy atom. The van der Waals surface area contributed by atoms with E-state index in [0.29, 0.717) is 0 Å². The lowest BCUT2D eigenvalue weighted by atomic mass is 10.0. The molecule has 31 heavy (non-hydrogen) atoms. The third-order valence-electron chi connectivity index (χ3n) is 5.51. The Balaban J connectivity index is 1.56. The lowest BCUT2D eigenvalue weighted by Crippen LogP contribution is -1.97. The molecule has 2 heteroatoms. The van der Waals surface area contributed by atoms with Crippen LogP contribution in [-0.4, -0.2) is 18.3 Å². The van der Waals surface area contributed by atoms with Crippen LogP contribution in [0.2, 0.25) is 0 Å². The summed E-state index contributed by atoms with van der Waals surface area (Å²) in [5.74, 6) is 7.50. The van der Waals surface area contributed by atoms with Crippen LogP contribution in [0.1, 0.15) is 68.6 Å². The first kappa shape index (κ1) is 22.9. The minimum Gasteiger partial charge on any atom is -0.494 e. The molecule has 3 aromatic carbocycles. The van der Waals surface area contributed by atoms with E-state index >= 15 is 0 Å². The van der Waals surface area contributed by atoms with E-state index < -0.39 is 0 Å². The van der Waals surface area contributed by atoms with Gasteiger partial charge in [-0.2, -0.15) is 0 Å². The largest absolute Gasteiger partial charge is 0.494 e. The Hall–Kier alpha value is -2.76. The highest BCUT2D eigenvalue weighted by Crippen LogP contribution is 2.22. The van der Waals surface area contributed by atoms with Crippen LogP contribution in [0.5, 0.6) is 5.75 Å². The second-order valence-corrected chi connectivity index (χ2v) is 8.11. The Bertz CT molecular complexity index is 993. The number of aryl methyl sites for hydroxylation is 1. The van der Waals surface area contributed by atoms with Crippen LogP contribution in [-0.2, 0) is 6.42 Å². The SMILES string of the molecule is CCCCCc1ccc(C#Cc2ccc3cc(OCCCCCCO)ccc3c2)cc1. The summed E-state index contributed by atoms with van der Waals surface area (Å²) >= 11 is 0. The molecule has 0 aromatic heterocycles. The van der Waals surface area contributed by atoms with E-state index in [-0.39, 0.29) is 6.61 Å². The lowest BCUT2D eigenvalue weighted by molar-refractivity contribution is 0.273. The quantitative estimate of drug-likeness (QED) is 0.273. The maximum absolute atomic E-state index is 8.82. The van der Waals surface area contributed by atoms with Crippen LogP contribution in [0.4, 0.5) is 0 Å². The Labute approximate surface area is 187 Å². The van der Waals surface area contributed by atoms with Crippen molar-refractivity contribution in [2.75, 3.05) is 13.2 Å². The summed E-state index contributed by atoms with van der Waals surface area (Å²) in [4.78, 5) is 0. The van der Waals surface area contributed by atoms with Gasteiger partial charge in [-0.25, -0.2) is 0 Å². The zero-order chi connectivity index (χ0) is 21.7. The van der Waals surface area contributed by atoms with Gasteiger partial charge in [-0.05, 0) is 84.8 Å². The van der Waals surface area contributed by atoms with E-state index in [0.717, 1.165) is 55.6 Å². The van der Waals surface area contributed by atoms with Crippen molar-refractivity contribution in [3.63, 3.8) is 0 Å². The van der Waals surface area contributed by atoms with Gasteiger partial charge >= 0.3 is 0 Å². The fourth-order valence-electron chi connectivity index (χ4n) is 3.63. The van der Waals surface area contributed by atoms with Gasteiger partial charge in [0.15, 0.2) is 0 Å². The van der Waals surface area contributed by atoms with Gasteiger partial charge in [-0.15, -0.1) is 0 Å². The van der Waals surface area contributed by atoms with Crippen LogP contribution < -0.4 is 4.74 Å². The maximum atomic E-state index is 8.82. The first-order valence-electron chi connectivity index (χ1n) is 11.7. The summed E-state index contributed by atoms with van der Waals surface area (Å²) in [5.41, 5.74) is 3.48. The summed E-state index contributed by atoms with van der Waals surface area (Å²) < 4.78 is 5.88. The van der Waals surface area contributed by atoms with Gasteiger partial charge in [0.1, 0.15) is 5.75 Å². The Kier molecular flexibility index (Phi) is 9.48. The molecule has 0 bridgehead atoms. The molecule has 0 unspecified atom stereocenters. The fourth-order valence-corrected chi connectivity index (χ4v) is 3.63. The van der Waals surface area contributed by atoms with Crippen molar-refractivity contribution in [2.45, 2.75) is 58.3 Å². The number of unbranched alkanes of at least 4 members (excludes halogenated alkanes) is 5. The summed E-state index contributed by atoms with van der Waals surface area (Å²) in [7, 11) is 0. The highest BCUT2D eigenvalue weighted by molar-refractivity contribution is 5.85. The van der Waals surface area contributed by atoms with Crippen molar-refractivity contribution in [1.82, 2.24) is 0 Å². The Morgan fingerprint density at radius 2 is 1.42 bits per heavy atom. The molecule has 0 fully saturated rings. The first-order valence-corrected chi connectivity index (χ1v) is 11.7. The van der Waals surface area contributed by atoms with Gasteiger partial charge in [0.2, 0.25) is 0 Å². The van der Waals surface area contributed by atoms with E-state index in [1.807, 2.05) is 6.07 Å². The van der Waals surface area contributed by atoms with Gasteiger partial charge in [0.25, 0.3) is 0 Å². The van der Waals surface area contributed by atoms with Crippen molar-refractivity contribution in [3.8, 4) is 17.6 Å². The lowest BCUT2D eigenvalue weighted by Gasteiger charge is -2.07. The number of aliphatic hydroxyl groups is 1. The molecule has 3 aromatic rings. The fraction of sp³-hybridized carbons (Fsp3) is 0.379. The molecule has 162 valence electrons. The van der Waals surface area contributed by atoms with Crippen molar-refractivity contribution in [2.24, 2.45) is 0 Å². The maximum Gasteiger partial charge on any atom is 0.119 e. The van der Waals surface area contributed by atoms with Gasteiger partial charge in [-0.1, -0.05) is 62.3 Å². The molecule has 0 aliphatic rings. The van der Waals surface area contributed by atoms with Crippen LogP contribution in [0.15, 0.2) is 60.7 Å². The third-order valence-corrected chi connectivity index (χ3v) is 5.51. The highest BCUT2D eigenvalue weighted by Gasteiger charge is 2.00. The van der Waals surface area contributed by atoms with Crippen LogP contribution in [0, 0.1) is 11.8 Å². The van der Waals surface area contributed by atoms with E-state index in [4.69, 9.17) is 9.84 Å². The van der Waals surface area contributed by atoms with E-state index in [2.05, 4.69) is 73.4 Å². The van der Waals surface area contributed by atoms with E-state index in [1.54, 1.807) is 0 Å². The van der Waals surface area contributed by atoms with Crippen LogP contribution in [0.25, 0.3) is 10.8 Å². The van der Waals surface area contributed by atoms with Crippen molar-refractivity contribution < 1.29 is 9.84 Å². The molecule has 0 aliphatic carbocycles. The van der Waals surface area contributed by atoms with Crippen LogP contribution >= 0.6 is 0 Å². The summed E-state index contributed by atoms with van der Waals surface area (Å²) in [5, 5.41) is 11.2. The van der Waals surface area contributed by atoms with E-state index in [9.17, 15) is 0 Å². The molecule has 1 N–H and O–H groups in total. The van der Waals surface area contributed by atoms with Crippen molar-refractivity contribution >= 4 is 10.8 Å². The average molecular weight is 415 g/mol. The molecule has 0 spiro atoms. The molecule has 2 nitrogen and oxygen atoms in total. The molecule has 0 radical (unpaired) electrons. The van der Waals surface area contributed by atoms with E-state index in [1.165, 1.54) is 35.6 Å². The van der Waals surface area contributed by atoms with Gasteiger partial charge in [0.05, 0.1) is 6.61 Å². The standard InChI is InChI=1S/C29H34O2/c1-2-3-6-9-24-10-12-25(13-11-24)14-15-26-16-17-28-23-29(19-18-27(28)22-26)31-21-8-5-4-7-20-30/h10-13,16-19,22-23,30H,2-9,20-21H2,1H3. The first-order chi connectivity index (χ1) is 15.3. The molecule has 0 saturated carbocycles. The predicted molar refractivity (Wildman–Crippen MR) is 131 cm³/mol. The minimum atomic E-state index is 0.281. The normalized spacial score (nSPS) is 10.6. The average Bonchev–Trinajstić information content (AvgIpc) is 2.81. The number of aliphatic hydroxyl groups excluding tert-OH is 1. The molecule has 3 rings (SSSR count). The highest BCUT2D eigenvalue weighted by atomic mass is 16.5. The zero-order valence-corrected chi connectivity index (χ0v) is 18.7. The molecular formula is C29H34O2. The van der Waals surface area contributed by atoms with Crippen LogP contribution in [0.3, 0.4) is 0 Å². The number of hydrogen-bond acceptors (Lipinski definition) is 2. The topological polar surface area (TPSA) is 29.5 Å². The summed E-state index contributed by atoms with van der Waals surface area (Å²) in [6, 6.07) is 21.2. The molecule has 0 amide bonds. The molecular weight excluding hydrogens is 380 g/mol. The monoisotopic (exact) mass is 414 g/mol. The Morgan fingerprint density at radius 3 is 2.23 bits per heavy atom. The molecule has 0 saturated heterocycles. The number of rotatable bonds is 11. The number of hydrogen-bond donors (Lipinski definition) is 1. The van der Waals surface area contributed by atoms with Gasteiger partial charge in [0, 0.05) is 17.7 Å². The van der Waals surface area contributed by atoms with Crippen molar-refractivity contribution in [3.05, 3.63) is 77.4 Å². The number of benzene rings is 3. The number of fused-ring (bicyclic) bond motifs is 1.